The minimum atomic E-state index is 0.739. The number of rotatable bonds is 7. The van der Waals surface area contributed by atoms with Crippen molar-refractivity contribution in [3.63, 3.8) is 0 Å². The molecule has 1 aromatic carbocycles. The molecule has 0 spiro atoms. The number of hydrogen-bond donors (Lipinski definition) is 1. The first-order valence-corrected chi connectivity index (χ1v) is 6.16. The summed E-state index contributed by atoms with van der Waals surface area (Å²) in [7, 11) is 4.09. The molecule has 96 valence electrons. The molecule has 3 heteroatoms. The first-order valence-electron chi connectivity index (χ1n) is 6.16. The van der Waals surface area contributed by atoms with Gasteiger partial charge in [-0.3, -0.25) is 0 Å². The fourth-order valence-corrected chi connectivity index (χ4v) is 1.75. The van der Waals surface area contributed by atoms with Crippen LogP contribution in [0.4, 0.5) is 0 Å². The predicted octanol–water partition coefficient (Wildman–Crippen LogP) is 1.83. The lowest BCUT2D eigenvalue weighted by Crippen LogP contribution is -2.30. The molecule has 17 heavy (non-hydrogen) atoms. The number of hydrogen-bond acceptors (Lipinski definition) is 3. The molecule has 1 rings (SSSR count). The van der Waals surface area contributed by atoms with Crippen LogP contribution in [0.1, 0.15) is 11.1 Å². The summed E-state index contributed by atoms with van der Waals surface area (Å²) >= 11 is 0. The van der Waals surface area contributed by atoms with Crippen LogP contribution in [0, 0.1) is 13.8 Å². The quantitative estimate of drug-likeness (QED) is 0.782. The molecule has 0 aliphatic carbocycles. The van der Waals surface area contributed by atoms with E-state index >= 15 is 0 Å². The van der Waals surface area contributed by atoms with Gasteiger partial charge in [-0.1, -0.05) is 6.07 Å². The topological polar surface area (TPSA) is 24.5 Å². The Morgan fingerprint density at radius 2 is 1.76 bits per heavy atom. The SMILES string of the molecule is CNCCN(C)CCOc1cc(C)cc(C)c1. The highest BCUT2D eigenvalue weighted by Gasteiger charge is 1.99. The summed E-state index contributed by atoms with van der Waals surface area (Å²) in [5.41, 5.74) is 2.51. The minimum Gasteiger partial charge on any atom is -0.492 e. The zero-order chi connectivity index (χ0) is 12.7. The molecule has 1 N–H and O–H groups in total. The van der Waals surface area contributed by atoms with E-state index in [9.17, 15) is 0 Å². The zero-order valence-corrected chi connectivity index (χ0v) is 11.4. The highest BCUT2D eigenvalue weighted by atomic mass is 16.5. The number of likely N-dealkylation sites (N-methyl/N-ethyl adjacent to an activating group) is 2. The van der Waals surface area contributed by atoms with Crippen molar-refractivity contribution in [3.05, 3.63) is 29.3 Å². The van der Waals surface area contributed by atoms with Crippen LogP contribution in [0.25, 0.3) is 0 Å². The summed E-state index contributed by atoms with van der Waals surface area (Å²) in [6, 6.07) is 6.33. The van der Waals surface area contributed by atoms with Gasteiger partial charge >= 0.3 is 0 Å². The Morgan fingerprint density at radius 1 is 1.12 bits per heavy atom. The van der Waals surface area contributed by atoms with Crippen molar-refractivity contribution in [2.45, 2.75) is 13.8 Å². The summed E-state index contributed by atoms with van der Waals surface area (Å²) in [4.78, 5) is 2.26. The molecule has 0 saturated heterocycles. The van der Waals surface area contributed by atoms with E-state index in [4.69, 9.17) is 4.74 Å². The highest BCUT2D eigenvalue weighted by Crippen LogP contribution is 2.15. The molecular weight excluding hydrogens is 212 g/mol. The van der Waals surface area contributed by atoms with Crippen molar-refractivity contribution < 1.29 is 4.74 Å². The smallest absolute Gasteiger partial charge is 0.119 e. The molecule has 1 aromatic rings. The van der Waals surface area contributed by atoms with Crippen LogP contribution in [0.2, 0.25) is 0 Å². The van der Waals surface area contributed by atoms with Gasteiger partial charge in [0.2, 0.25) is 0 Å². The molecule has 0 atom stereocenters. The van der Waals surface area contributed by atoms with Gasteiger partial charge in [-0.25, -0.2) is 0 Å². The minimum absolute atomic E-state index is 0.739. The van der Waals surface area contributed by atoms with Crippen LogP contribution in [0.15, 0.2) is 18.2 Å². The van der Waals surface area contributed by atoms with E-state index in [1.165, 1.54) is 11.1 Å². The Morgan fingerprint density at radius 3 is 2.35 bits per heavy atom. The van der Waals surface area contributed by atoms with Crippen LogP contribution in [-0.4, -0.2) is 45.2 Å². The maximum Gasteiger partial charge on any atom is 0.119 e. The maximum atomic E-state index is 5.76. The third-order valence-corrected chi connectivity index (χ3v) is 2.68. The third-order valence-electron chi connectivity index (χ3n) is 2.68. The first-order chi connectivity index (χ1) is 8.11. The van der Waals surface area contributed by atoms with Crippen molar-refractivity contribution in [1.29, 1.82) is 0 Å². The average Bonchev–Trinajstić information content (AvgIpc) is 2.25. The van der Waals surface area contributed by atoms with Crippen molar-refractivity contribution in [2.75, 3.05) is 40.3 Å². The van der Waals surface area contributed by atoms with Crippen molar-refractivity contribution in [3.8, 4) is 5.75 Å². The molecule has 0 fully saturated rings. The lowest BCUT2D eigenvalue weighted by atomic mass is 10.1. The molecule has 0 amide bonds. The van der Waals surface area contributed by atoms with Gasteiger partial charge in [0.1, 0.15) is 12.4 Å². The van der Waals surface area contributed by atoms with E-state index in [0.717, 1.165) is 32.0 Å². The Bertz CT molecular complexity index is 319. The van der Waals surface area contributed by atoms with Gasteiger partial charge in [-0.05, 0) is 51.2 Å². The van der Waals surface area contributed by atoms with E-state index in [0.29, 0.717) is 0 Å². The molecule has 3 nitrogen and oxygen atoms in total. The zero-order valence-electron chi connectivity index (χ0n) is 11.4. The summed E-state index contributed by atoms with van der Waals surface area (Å²) in [6.45, 7) is 7.95. The Hall–Kier alpha value is -1.06. The molecule has 0 unspecified atom stereocenters. The summed E-state index contributed by atoms with van der Waals surface area (Å²) in [6.07, 6.45) is 0. The molecule has 0 aromatic heterocycles. The number of ether oxygens (including phenoxy) is 1. The van der Waals surface area contributed by atoms with Crippen LogP contribution in [0.5, 0.6) is 5.75 Å². The van der Waals surface area contributed by atoms with Gasteiger partial charge in [-0.15, -0.1) is 0 Å². The molecule has 0 heterocycles. The number of aryl methyl sites for hydroxylation is 2. The van der Waals surface area contributed by atoms with Gasteiger partial charge < -0.3 is 15.0 Å². The van der Waals surface area contributed by atoms with E-state index in [1.54, 1.807) is 0 Å². The van der Waals surface area contributed by atoms with Crippen molar-refractivity contribution in [2.24, 2.45) is 0 Å². The second-order valence-electron chi connectivity index (χ2n) is 4.58. The number of nitrogens with one attached hydrogen (secondary N) is 1. The van der Waals surface area contributed by atoms with Gasteiger partial charge in [0, 0.05) is 19.6 Å². The Labute approximate surface area is 105 Å². The molecule has 0 radical (unpaired) electrons. The summed E-state index contributed by atoms with van der Waals surface area (Å²) < 4.78 is 5.76. The first kappa shape index (κ1) is 14.0. The van der Waals surface area contributed by atoms with Crippen molar-refractivity contribution >= 4 is 0 Å². The fraction of sp³-hybridized carbons (Fsp3) is 0.571. The Kier molecular flexibility index (Phi) is 6.01. The third kappa shape index (κ3) is 5.71. The van der Waals surface area contributed by atoms with Crippen molar-refractivity contribution in [1.82, 2.24) is 10.2 Å². The van der Waals surface area contributed by atoms with Gasteiger partial charge in [0.15, 0.2) is 0 Å². The van der Waals surface area contributed by atoms with E-state index in [1.807, 2.05) is 7.05 Å². The van der Waals surface area contributed by atoms with E-state index in [2.05, 4.69) is 49.3 Å². The van der Waals surface area contributed by atoms with Crippen LogP contribution in [-0.2, 0) is 0 Å². The maximum absolute atomic E-state index is 5.76. The Balaban J connectivity index is 2.30. The summed E-state index contributed by atoms with van der Waals surface area (Å²) in [5.74, 6) is 0.976. The second kappa shape index (κ2) is 7.30. The normalized spacial score (nSPS) is 10.9. The molecule has 0 aliphatic rings. The van der Waals surface area contributed by atoms with Crippen LogP contribution >= 0.6 is 0 Å². The standard InChI is InChI=1S/C14H24N2O/c1-12-9-13(2)11-14(10-12)17-8-7-16(4)6-5-15-3/h9-11,15H,5-8H2,1-4H3. The van der Waals surface area contributed by atoms with Gasteiger partial charge in [0.25, 0.3) is 0 Å². The molecular formula is C14H24N2O. The highest BCUT2D eigenvalue weighted by molar-refractivity contribution is 5.32. The lowest BCUT2D eigenvalue weighted by Gasteiger charge is -2.16. The monoisotopic (exact) mass is 236 g/mol. The summed E-state index contributed by atoms with van der Waals surface area (Å²) in [5, 5.41) is 3.14. The fourth-order valence-electron chi connectivity index (χ4n) is 1.75. The molecule has 0 aliphatic heterocycles. The van der Waals surface area contributed by atoms with E-state index in [-0.39, 0.29) is 0 Å². The van der Waals surface area contributed by atoms with E-state index < -0.39 is 0 Å². The lowest BCUT2D eigenvalue weighted by molar-refractivity contribution is 0.238. The average molecular weight is 236 g/mol. The van der Waals surface area contributed by atoms with Crippen LogP contribution < -0.4 is 10.1 Å². The van der Waals surface area contributed by atoms with Crippen LogP contribution in [0.3, 0.4) is 0 Å². The molecule has 0 saturated carbocycles. The number of nitrogens with zero attached hydrogens (tertiary/aromatic N) is 1. The predicted molar refractivity (Wildman–Crippen MR) is 72.8 cm³/mol. The number of benzene rings is 1. The molecule has 0 bridgehead atoms. The second-order valence-corrected chi connectivity index (χ2v) is 4.58. The van der Waals surface area contributed by atoms with Gasteiger partial charge in [-0.2, -0.15) is 0 Å². The van der Waals surface area contributed by atoms with Gasteiger partial charge in [0.05, 0.1) is 0 Å². The largest absolute Gasteiger partial charge is 0.492 e.